The summed E-state index contributed by atoms with van der Waals surface area (Å²) >= 11 is 1.92. The zero-order valence-corrected chi connectivity index (χ0v) is 35.4. The largest absolute Gasteiger partial charge is 0.397 e. The molecule has 1 heterocycles. The molecule has 0 saturated carbocycles. The summed E-state index contributed by atoms with van der Waals surface area (Å²) in [6.07, 6.45) is 8.27. The number of nitrogen functional groups attached to an aromatic ring is 2. The molecule has 0 atom stereocenters. The van der Waals surface area contributed by atoms with Crippen LogP contribution in [0, 0.1) is 27.7 Å². The maximum atomic E-state index is 6.06. The number of rotatable bonds is 5. The molecule has 3 heteroatoms. The predicted molar refractivity (Wildman–Crippen MR) is 260 cm³/mol. The van der Waals surface area contributed by atoms with Crippen molar-refractivity contribution in [1.29, 1.82) is 0 Å². The third-order valence-electron chi connectivity index (χ3n) is 11.8. The molecule has 0 amide bonds. The molecule has 290 valence electrons. The SMILES string of the molecule is CCC1=CC(c2cccc(-c3cc(-c4cc(C)cc(C)c4)cc4c3sc3ccc(-c5cc(C)cc(C)c5)cc34)c2)=CCC1.Nc1c(N)c2ccccc2c2ccccc12. The van der Waals surface area contributed by atoms with Crippen molar-refractivity contribution in [3.63, 3.8) is 0 Å². The lowest BCUT2D eigenvalue weighted by atomic mass is 9.90. The summed E-state index contributed by atoms with van der Waals surface area (Å²) in [4.78, 5) is 0. The first-order valence-electron chi connectivity index (χ1n) is 20.8. The van der Waals surface area contributed by atoms with Crippen LogP contribution in [0.15, 0.2) is 157 Å². The summed E-state index contributed by atoms with van der Waals surface area (Å²) in [6.45, 7) is 11.0. The molecular formula is C56H50N2S. The summed E-state index contributed by atoms with van der Waals surface area (Å²) < 4.78 is 2.70. The van der Waals surface area contributed by atoms with E-state index in [9.17, 15) is 0 Å². The van der Waals surface area contributed by atoms with Crippen molar-refractivity contribution in [1.82, 2.24) is 0 Å². The van der Waals surface area contributed by atoms with E-state index >= 15 is 0 Å². The minimum atomic E-state index is 0.675. The van der Waals surface area contributed by atoms with E-state index in [0.29, 0.717) is 11.4 Å². The van der Waals surface area contributed by atoms with Gasteiger partial charge in [0.05, 0.1) is 11.4 Å². The Morgan fingerprint density at radius 1 is 0.475 bits per heavy atom. The number of anilines is 2. The van der Waals surface area contributed by atoms with E-state index in [2.05, 4.69) is 150 Å². The van der Waals surface area contributed by atoms with Crippen LogP contribution in [0.5, 0.6) is 0 Å². The van der Waals surface area contributed by atoms with Crippen molar-refractivity contribution in [2.75, 3.05) is 11.5 Å². The summed E-state index contributed by atoms with van der Waals surface area (Å²) in [5.74, 6) is 0. The molecule has 0 fully saturated rings. The molecule has 0 unspecified atom stereocenters. The molecule has 10 rings (SSSR count). The van der Waals surface area contributed by atoms with Crippen LogP contribution < -0.4 is 11.5 Å². The van der Waals surface area contributed by atoms with Gasteiger partial charge in [-0.25, -0.2) is 0 Å². The quantitative estimate of drug-likeness (QED) is 0.104. The van der Waals surface area contributed by atoms with Crippen molar-refractivity contribution < 1.29 is 0 Å². The molecule has 59 heavy (non-hydrogen) atoms. The number of nitrogens with two attached hydrogens (primary N) is 2. The fraction of sp³-hybridized carbons (Fsp3) is 0.143. The molecule has 1 aromatic heterocycles. The van der Waals surface area contributed by atoms with E-state index in [1.54, 1.807) is 5.57 Å². The lowest BCUT2D eigenvalue weighted by Gasteiger charge is -2.15. The fourth-order valence-electron chi connectivity index (χ4n) is 9.03. The predicted octanol–water partition coefficient (Wildman–Crippen LogP) is 16.0. The average molecular weight is 783 g/mol. The maximum absolute atomic E-state index is 6.06. The zero-order valence-electron chi connectivity index (χ0n) is 34.6. The molecule has 9 aromatic rings. The number of hydrogen-bond acceptors (Lipinski definition) is 3. The Labute approximate surface area is 352 Å². The standard InChI is InChI=1S/C42H38S.C14H12N2/c1-6-30-9-7-10-31(21-30)32-11-8-12-34(22-32)38-24-37(36-19-28(4)16-29(5)20-36)25-40-39-23-33(13-14-41(39)43-42(38)40)35-17-26(2)15-27(3)18-35;15-13-11-7-3-1-5-9(11)10-6-2-4-8-12(10)14(13)16/h8,10-25H,6-7,9H2,1-5H3;1-8H,15-16H2. The van der Waals surface area contributed by atoms with Crippen molar-refractivity contribution >= 4 is 70.0 Å². The average Bonchev–Trinajstić information content (AvgIpc) is 3.63. The van der Waals surface area contributed by atoms with Crippen LogP contribution in [-0.2, 0) is 0 Å². The van der Waals surface area contributed by atoms with Gasteiger partial charge in [-0.3, -0.25) is 0 Å². The third kappa shape index (κ3) is 7.44. The van der Waals surface area contributed by atoms with Crippen LogP contribution in [-0.4, -0.2) is 0 Å². The lowest BCUT2D eigenvalue weighted by Crippen LogP contribution is -1.97. The number of thiophene rings is 1. The number of benzene rings is 8. The Balaban J connectivity index is 0.000000233. The maximum Gasteiger partial charge on any atom is 0.0634 e. The van der Waals surface area contributed by atoms with Crippen molar-refractivity contribution in [2.24, 2.45) is 0 Å². The summed E-state index contributed by atoms with van der Waals surface area (Å²) in [5, 5.41) is 7.05. The molecule has 4 N–H and O–H groups in total. The molecule has 1 aliphatic carbocycles. The fourth-order valence-corrected chi connectivity index (χ4v) is 10.2. The second kappa shape index (κ2) is 15.7. The normalized spacial score (nSPS) is 12.8. The van der Waals surface area contributed by atoms with Crippen LogP contribution in [0.2, 0.25) is 0 Å². The van der Waals surface area contributed by atoms with Gasteiger partial charge in [-0.15, -0.1) is 11.3 Å². The highest BCUT2D eigenvalue weighted by Gasteiger charge is 2.17. The van der Waals surface area contributed by atoms with Crippen LogP contribution in [0.3, 0.4) is 0 Å². The highest BCUT2D eigenvalue weighted by Crippen LogP contribution is 2.45. The minimum absolute atomic E-state index is 0.675. The van der Waals surface area contributed by atoms with Gasteiger partial charge in [-0.2, -0.15) is 0 Å². The summed E-state index contributed by atoms with van der Waals surface area (Å²) in [7, 11) is 0. The first kappa shape index (κ1) is 38.1. The van der Waals surface area contributed by atoms with Crippen LogP contribution in [0.4, 0.5) is 11.4 Å². The molecule has 2 nitrogen and oxygen atoms in total. The summed E-state index contributed by atoms with van der Waals surface area (Å²) in [6, 6.07) is 51.1. The smallest absolute Gasteiger partial charge is 0.0634 e. The van der Waals surface area contributed by atoms with Gasteiger partial charge >= 0.3 is 0 Å². The number of allylic oxidation sites excluding steroid dienone is 4. The Kier molecular flexibility index (Phi) is 10.2. The van der Waals surface area contributed by atoms with E-state index in [0.717, 1.165) is 34.4 Å². The Morgan fingerprint density at radius 2 is 1.02 bits per heavy atom. The second-order valence-electron chi connectivity index (χ2n) is 16.3. The molecule has 0 radical (unpaired) electrons. The van der Waals surface area contributed by atoms with Gasteiger partial charge in [-0.05, 0) is 127 Å². The van der Waals surface area contributed by atoms with Gasteiger partial charge in [0.25, 0.3) is 0 Å². The van der Waals surface area contributed by atoms with Crippen LogP contribution >= 0.6 is 11.3 Å². The lowest BCUT2D eigenvalue weighted by molar-refractivity contribution is 0.898. The van der Waals surface area contributed by atoms with Crippen molar-refractivity contribution in [2.45, 2.75) is 53.9 Å². The summed E-state index contributed by atoms with van der Waals surface area (Å²) in [5.41, 5.74) is 30.6. The Morgan fingerprint density at radius 3 is 1.63 bits per heavy atom. The van der Waals surface area contributed by atoms with Gasteiger partial charge in [0.1, 0.15) is 0 Å². The highest BCUT2D eigenvalue weighted by atomic mass is 32.1. The Bertz CT molecular complexity index is 3060. The second-order valence-corrected chi connectivity index (χ2v) is 17.4. The number of fused-ring (bicyclic) bond motifs is 6. The van der Waals surface area contributed by atoms with Crippen molar-refractivity contribution in [3.05, 3.63) is 185 Å². The molecule has 1 aliphatic rings. The van der Waals surface area contributed by atoms with E-state index in [-0.39, 0.29) is 0 Å². The molecular weight excluding hydrogens is 733 g/mol. The first-order chi connectivity index (χ1) is 28.6. The minimum Gasteiger partial charge on any atom is -0.397 e. The molecule has 0 spiro atoms. The topological polar surface area (TPSA) is 52.0 Å². The van der Waals surface area contributed by atoms with Crippen molar-refractivity contribution in [3.8, 4) is 33.4 Å². The van der Waals surface area contributed by atoms with Crippen LogP contribution in [0.1, 0.15) is 54.0 Å². The zero-order chi connectivity index (χ0) is 40.8. The van der Waals surface area contributed by atoms with E-state index in [1.807, 2.05) is 47.7 Å². The van der Waals surface area contributed by atoms with Gasteiger partial charge < -0.3 is 11.5 Å². The van der Waals surface area contributed by atoms with E-state index in [1.165, 1.54) is 93.4 Å². The van der Waals surface area contributed by atoms with Gasteiger partial charge in [-0.1, -0.05) is 156 Å². The van der Waals surface area contributed by atoms with Gasteiger partial charge in [0, 0.05) is 36.5 Å². The Hall–Kier alpha value is -6.42. The van der Waals surface area contributed by atoms with Crippen LogP contribution in [0.25, 0.3) is 80.7 Å². The number of hydrogen-bond donors (Lipinski definition) is 2. The monoisotopic (exact) mass is 782 g/mol. The first-order valence-corrected chi connectivity index (χ1v) is 21.6. The third-order valence-corrected chi connectivity index (χ3v) is 13.1. The van der Waals surface area contributed by atoms with E-state index in [4.69, 9.17) is 11.5 Å². The molecule has 8 aromatic carbocycles. The van der Waals surface area contributed by atoms with E-state index < -0.39 is 0 Å². The molecule has 0 saturated heterocycles. The molecule has 0 bridgehead atoms. The molecule has 0 aliphatic heterocycles. The van der Waals surface area contributed by atoms with Gasteiger partial charge in [0.2, 0.25) is 0 Å². The van der Waals surface area contributed by atoms with Gasteiger partial charge in [0.15, 0.2) is 0 Å². The number of aryl methyl sites for hydroxylation is 4. The highest BCUT2D eigenvalue weighted by molar-refractivity contribution is 7.26.